The average Bonchev–Trinajstić information content (AvgIpc) is 2.62. The highest BCUT2D eigenvalue weighted by molar-refractivity contribution is 8.76. The average molecular weight is 411 g/mol. The quantitative estimate of drug-likeness (QED) is 0.165. The Bertz CT molecular complexity index is 349. The summed E-state index contributed by atoms with van der Waals surface area (Å²) in [6.07, 6.45) is 3.12. The number of nitrogens with zero attached hydrogens (tertiary/aromatic N) is 1. The first kappa shape index (κ1) is 24.9. The summed E-state index contributed by atoms with van der Waals surface area (Å²) in [5.41, 5.74) is 5.42. The Hall–Kier alpha value is -0.0900. The number of hydrogen-bond acceptors (Lipinski definition) is 7. The van der Waals surface area contributed by atoms with E-state index in [-0.39, 0.29) is 11.8 Å². The standard InChI is InChI=1S/C16H34N4O2S3/c1-2-3-9-20(10-4-15(21)18-7-12-23)11-5-16(22)19-8-14-25-24-13-6-17/h23H,2-14,17H2,1H3,(H,18,21)(H,19,22). The molecule has 9 heteroatoms. The molecule has 4 N–H and O–H groups in total. The molecule has 0 aromatic heterocycles. The third-order valence-electron chi connectivity index (χ3n) is 3.36. The van der Waals surface area contributed by atoms with Gasteiger partial charge in [-0.3, -0.25) is 9.59 Å². The molecule has 0 aliphatic rings. The number of nitrogens with two attached hydrogens (primary N) is 1. The fourth-order valence-electron chi connectivity index (χ4n) is 2.01. The fourth-order valence-corrected chi connectivity index (χ4v) is 3.88. The molecule has 0 heterocycles. The van der Waals surface area contributed by atoms with Crippen molar-refractivity contribution in [1.82, 2.24) is 15.5 Å². The van der Waals surface area contributed by atoms with E-state index in [4.69, 9.17) is 5.73 Å². The Kier molecular flexibility index (Phi) is 18.6. The molecule has 0 aromatic carbocycles. The highest BCUT2D eigenvalue weighted by Gasteiger charge is 2.10. The van der Waals surface area contributed by atoms with E-state index in [0.717, 1.165) is 30.9 Å². The maximum absolute atomic E-state index is 11.9. The zero-order valence-corrected chi connectivity index (χ0v) is 17.8. The third kappa shape index (κ3) is 17.1. The molecule has 0 saturated heterocycles. The molecular weight excluding hydrogens is 376 g/mol. The van der Waals surface area contributed by atoms with E-state index in [1.54, 1.807) is 21.6 Å². The molecule has 148 valence electrons. The summed E-state index contributed by atoms with van der Waals surface area (Å²) < 4.78 is 0. The number of carbonyl (C=O) groups excluding carboxylic acids is 2. The summed E-state index contributed by atoms with van der Waals surface area (Å²) >= 11 is 4.08. The van der Waals surface area contributed by atoms with Crippen molar-refractivity contribution in [3.05, 3.63) is 0 Å². The molecule has 0 aliphatic heterocycles. The van der Waals surface area contributed by atoms with Crippen LogP contribution in [0.2, 0.25) is 0 Å². The van der Waals surface area contributed by atoms with Crippen LogP contribution in [0.5, 0.6) is 0 Å². The number of amides is 2. The van der Waals surface area contributed by atoms with Crippen molar-refractivity contribution in [2.45, 2.75) is 32.6 Å². The van der Waals surface area contributed by atoms with Crippen molar-refractivity contribution in [2.75, 3.05) is 56.5 Å². The normalized spacial score (nSPS) is 10.9. The van der Waals surface area contributed by atoms with Gasteiger partial charge in [0, 0.05) is 62.8 Å². The van der Waals surface area contributed by atoms with Gasteiger partial charge in [0.25, 0.3) is 0 Å². The van der Waals surface area contributed by atoms with Crippen molar-refractivity contribution < 1.29 is 9.59 Å². The van der Waals surface area contributed by atoms with Crippen LogP contribution in [0.1, 0.15) is 32.6 Å². The topological polar surface area (TPSA) is 87.5 Å². The van der Waals surface area contributed by atoms with Crippen LogP contribution in [0.25, 0.3) is 0 Å². The molecule has 0 radical (unpaired) electrons. The van der Waals surface area contributed by atoms with Crippen LogP contribution in [0.15, 0.2) is 0 Å². The first-order valence-electron chi connectivity index (χ1n) is 8.95. The number of rotatable bonds is 17. The van der Waals surface area contributed by atoms with Gasteiger partial charge in [-0.15, -0.1) is 0 Å². The number of hydrogen-bond donors (Lipinski definition) is 4. The van der Waals surface area contributed by atoms with E-state index in [2.05, 4.69) is 35.1 Å². The third-order valence-corrected chi connectivity index (χ3v) is 6.03. The van der Waals surface area contributed by atoms with Crippen molar-refractivity contribution >= 4 is 46.0 Å². The zero-order valence-electron chi connectivity index (χ0n) is 15.3. The SMILES string of the molecule is CCCCN(CCC(=O)NCCS)CCC(=O)NCCSSCCN. The summed E-state index contributed by atoms with van der Waals surface area (Å²) in [7, 11) is 3.47. The van der Waals surface area contributed by atoms with Gasteiger partial charge in [0.15, 0.2) is 0 Å². The molecule has 0 rings (SSSR count). The molecular formula is C16H34N4O2S3. The Labute approximate surface area is 166 Å². The molecule has 6 nitrogen and oxygen atoms in total. The Morgan fingerprint density at radius 2 is 1.60 bits per heavy atom. The van der Waals surface area contributed by atoms with E-state index in [0.29, 0.717) is 51.3 Å². The van der Waals surface area contributed by atoms with Gasteiger partial charge in [0.1, 0.15) is 0 Å². The van der Waals surface area contributed by atoms with E-state index in [9.17, 15) is 9.59 Å². The minimum absolute atomic E-state index is 0.0482. The van der Waals surface area contributed by atoms with Crippen molar-refractivity contribution in [2.24, 2.45) is 5.73 Å². The van der Waals surface area contributed by atoms with Crippen LogP contribution in [-0.4, -0.2) is 73.2 Å². The van der Waals surface area contributed by atoms with Gasteiger partial charge >= 0.3 is 0 Å². The van der Waals surface area contributed by atoms with Crippen molar-refractivity contribution in [1.29, 1.82) is 0 Å². The fraction of sp³-hybridized carbons (Fsp3) is 0.875. The summed E-state index contributed by atoms with van der Waals surface area (Å²) in [6.45, 7) is 6.42. The number of carbonyl (C=O) groups is 2. The van der Waals surface area contributed by atoms with Crippen LogP contribution < -0.4 is 16.4 Å². The van der Waals surface area contributed by atoms with Crippen LogP contribution >= 0.6 is 34.2 Å². The Morgan fingerprint density at radius 1 is 1.00 bits per heavy atom. The van der Waals surface area contributed by atoms with Gasteiger partial charge in [-0.1, -0.05) is 34.9 Å². The number of nitrogens with one attached hydrogen (secondary N) is 2. The molecule has 0 fully saturated rings. The second kappa shape index (κ2) is 18.7. The Morgan fingerprint density at radius 3 is 2.16 bits per heavy atom. The summed E-state index contributed by atoms with van der Waals surface area (Å²) in [5, 5.41) is 5.77. The predicted octanol–water partition coefficient (Wildman–Crippen LogP) is 1.37. The molecule has 0 saturated carbocycles. The van der Waals surface area contributed by atoms with Crippen LogP contribution in [0, 0.1) is 0 Å². The summed E-state index contributed by atoms with van der Waals surface area (Å²) in [4.78, 5) is 25.8. The van der Waals surface area contributed by atoms with Gasteiger partial charge in [-0.2, -0.15) is 12.6 Å². The van der Waals surface area contributed by atoms with Crippen LogP contribution in [0.3, 0.4) is 0 Å². The largest absolute Gasteiger partial charge is 0.355 e. The van der Waals surface area contributed by atoms with E-state index >= 15 is 0 Å². The maximum Gasteiger partial charge on any atom is 0.221 e. The molecule has 0 atom stereocenters. The van der Waals surface area contributed by atoms with Gasteiger partial charge < -0.3 is 21.3 Å². The van der Waals surface area contributed by atoms with Gasteiger partial charge in [-0.05, 0) is 13.0 Å². The number of thiol groups is 1. The summed E-state index contributed by atoms with van der Waals surface area (Å²) in [5.74, 6) is 2.60. The van der Waals surface area contributed by atoms with Gasteiger partial charge in [-0.25, -0.2) is 0 Å². The lowest BCUT2D eigenvalue weighted by atomic mass is 10.2. The highest BCUT2D eigenvalue weighted by Crippen LogP contribution is 2.18. The second-order valence-electron chi connectivity index (χ2n) is 5.55. The molecule has 0 aliphatic carbocycles. The molecule has 0 spiro atoms. The Balaban J connectivity index is 3.92. The smallest absolute Gasteiger partial charge is 0.221 e. The van der Waals surface area contributed by atoms with E-state index in [1.165, 1.54) is 0 Å². The molecule has 2 amide bonds. The first-order chi connectivity index (χ1) is 12.1. The monoisotopic (exact) mass is 410 g/mol. The number of unbranched alkanes of at least 4 members (excludes halogenated alkanes) is 1. The minimum atomic E-state index is 0.0482. The van der Waals surface area contributed by atoms with Crippen molar-refractivity contribution in [3.8, 4) is 0 Å². The van der Waals surface area contributed by atoms with Crippen molar-refractivity contribution in [3.63, 3.8) is 0 Å². The minimum Gasteiger partial charge on any atom is -0.355 e. The van der Waals surface area contributed by atoms with Crippen LogP contribution in [-0.2, 0) is 9.59 Å². The lowest BCUT2D eigenvalue weighted by molar-refractivity contribution is -0.121. The highest BCUT2D eigenvalue weighted by atomic mass is 33.1. The second-order valence-corrected chi connectivity index (χ2v) is 8.70. The molecule has 25 heavy (non-hydrogen) atoms. The molecule has 0 bridgehead atoms. The van der Waals surface area contributed by atoms with Crippen LogP contribution in [0.4, 0.5) is 0 Å². The first-order valence-corrected chi connectivity index (χ1v) is 12.1. The van der Waals surface area contributed by atoms with Gasteiger partial charge in [0.05, 0.1) is 0 Å². The maximum atomic E-state index is 11.9. The van der Waals surface area contributed by atoms with E-state index < -0.39 is 0 Å². The molecule has 0 unspecified atom stereocenters. The van der Waals surface area contributed by atoms with E-state index in [1.807, 2.05) is 0 Å². The lowest BCUT2D eigenvalue weighted by Crippen LogP contribution is -2.35. The molecule has 0 aromatic rings. The predicted molar refractivity (Wildman–Crippen MR) is 114 cm³/mol. The lowest BCUT2D eigenvalue weighted by Gasteiger charge is -2.21. The van der Waals surface area contributed by atoms with Gasteiger partial charge in [0.2, 0.25) is 11.8 Å². The zero-order chi connectivity index (χ0) is 18.8. The summed E-state index contributed by atoms with van der Waals surface area (Å²) in [6, 6.07) is 0.